The quantitative estimate of drug-likeness (QED) is 0.854. The maximum atomic E-state index is 13.1. The van der Waals surface area contributed by atoms with Crippen LogP contribution in [-0.4, -0.2) is 41.1 Å². The second kappa shape index (κ2) is 5.60. The fourth-order valence-electron chi connectivity index (χ4n) is 3.48. The molecule has 1 saturated carbocycles. The number of amides is 1. The van der Waals surface area contributed by atoms with E-state index in [-0.39, 0.29) is 18.1 Å². The number of carbonyl (C=O) groups excluding carboxylic acids is 1. The van der Waals surface area contributed by atoms with Gasteiger partial charge in [0.2, 0.25) is 0 Å². The van der Waals surface area contributed by atoms with Crippen molar-refractivity contribution in [2.75, 3.05) is 13.1 Å². The fourth-order valence-corrected chi connectivity index (χ4v) is 3.48. The van der Waals surface area contributed by atoms with Crippen LogP contribution < -0.4 is 0 Å². The van der Waals surface area contributed by atoms with Crippen molar-refractivity contribution in [2.45, 2.75) is 44.8 Å². The summed E-state index contributed by atoms with van der Waals surface area (Å²) in [5.41, 5.74) is 2.79. The zero-order valence-corrected chi connectivity index (χ0v) is 13.7. The first-order chi connectivity index (χ1) is 11.1. The Morgan fingerprint density at radius 3 is 2.57 bits per heavy atom. The number of fused-ring (bicyclic) bond motifs is 1. The van der Waals surface area contributed by atoms with Crippen molar-refractivity contribution in [1.82, 2.24) is 9.88 Å². The Kier molecular flexibility index (Phi) is 3.57. The van der Waals surface area contributed by atoms with E-state index in [0.29, 0.717) is 19.0 Å². The van der Waals surface area contributed by atoms with Crippen LogP contribution >= 0.6 is 0 Å². The SMILES string of the molecule is CC1CN(C(=O)c2cc(C3CC3)nc3ccccc23)CC(C)O1. The van der Waals surface area contributed by atoms with Crippen molar-refractivity contribution in [3.8, 4) is 0 Å². The van der Waals surface area contributed by atoms with Crippen LogP contribution in [0.15, 0.2) is 30.3 Å². The molecule has 0 bridgehead atoms. The van der Waals surface area contributed by atoms with Gasteiger partial charge in [0.15, 0.2) is 0 Å². The normalized spacial score (nSPS) is 24.9. The number of hydrogen-bond acceptors (Lipinski definition) is 3. The van der Waals surface area contributed by atoms with E-state index < -0.39 is 0 Å². The number of rotatable bonds is 2. The van der Waals surface area contributed by atoms with E-state index in [1.807, 2.05) is 49.1 Å². The van der Waals surface area contributed by atoms with Crippen molar-refractivity contribution in [1.29, 1.82) is 0 Å². The van der Waals surface area contributed by atoms with Crippen LogP contribution in [0.25, 0.3) is 10.9 Å². The van der Waals surface area contributed by atoms with Gasteiger partial charge in [-0.3, -0.25) is 9.78 Å². The highest BCUT2D eigenvalue weighted by molar-refractivity contribution is 6.06. The van der Waals surface area contributed by atoms with E-state index in [2.05, 4.69) is 0 Å². The Balaban J connectivity index is 1.76. The van der Waals surface area contributed by atoms with Crippen LogP contribution in [0, 0.1) is 0 Å². The highest BCUT2D eigenvalue weighted by Crippen LogP contribution is 2.40. The van der Waals surface area contributed by atoms with Crippen molar-refractivity contribution < 1.29 is 9.53 Å². The highest BCUT2D eigenvalue weighted by Gasteiger charge is 2.30. The molecule has 0 radical (unpaired) electrons. The van der Waals surface area contributed by atoms with E-state index in [9.17, 15) is 4.79 Å². The first-order valence-corrected chi connectivity index (χ1v) is 8.46. The Morgan fingerprint density at radius 2 is 1.87 bits per heavy atom. The van der Waals surface area contributed by atoms with Crippen molar-refractivity contribution in [2.24, 2.45) is 0 Å². The Bertz CT molecular complexity index is 744. The van der Waals surface area contributed by atoms with Gasteiger partial charge in [0.25, 0.3) is 5.91 Å². The predicted molar refractivity (Wildman–Crippen MR) is 89.6 cm³/mol. The summed E-state index contributed by atoms with van der Waals surface area (Å²) in [6, 6.07) is 9.98. The Labute approximate surface area is 136 Å². The molecule has 2 unspecified atom stereocenters. The molecule has 2 fully saturated rings. The van der Waals surface area contributed by atoms with E-state index in [0.717, 1.165) is 22.2 Å². The molecule has 1 amide bonds. The highest BCUT2D eigenvalue weighted by atomic mass is 16.5. The maximum absolute atomic E-state index is 13.1. The summed E-state index contributed by atoms with van der Waals surface area (Å²) in [6.07, 6.45) is 2.53. The number of pyridine rings is 1. The van der Waals surface area contributed by atoms with Crippen LogP contribution in [0.5, 0.6) is 0 Å². The molecule has 4 nitrogen and oxygen atoms in total. The van der Waals surface area contributed by atoms with Crippen molar-refractivity contribution in [3.63, 3.8) is 0 Å². The summed E-state index contributed by atoms with van der Waals surface area (Å²) < 4.78 is 5.76. The summed E-state index contributed by atoms with van der Waals surface area (Å²) in [5, 5.41) is 0.952. The number of morpholine rings is 1. The minimum atomic E-state index is 0.0821. The van der Waals surface area contributed by atoms with Gasteiger partial charge in [0.05, 0.1) is 23.3 Å². The lowest BCUT2D eigenvalue weighted by Crippen LogP contribution is -2.48. The van der Waals surface area contributed by atoms with E-state index in [4.69, 9.17) is 9.72 Å². The smallest absolute Gasteiger partial charge is 0.254 e. The summed E-state index contributed by atoms with van der Waals surface area (Å²) in [6.45, 7) is 5.35. The number of benzene rings is 1. The van der Waals surface area contributed by atoms with Gasteiger partial charge < -0.3 is 9.64 Å². The molecule has 4 heteroatoms. The molecular weight excluding hydrogens is 288 g/mol. The average molecular weight is 310 g/mol. The fraction of sp³-hybridized carbons (Fsp3) is 0.474. The minimum absolute atomic E-state index is 0.0821. The van der Waals surface area contributed by atoms with Gasteiger partial charge in [-0.2, -0.15) is 0 Å². The molecule has 0 spiro atoms. The van der Waals surface area contributed by atoms with Gasteiger partial charge in [0.1, 0.15) is 0 Å². The molecule has 23 heavy (non-hydrogen) atoms. The summed E-state index contributed by atoms with van der Waals surface area (Å²) in [7, 11) is 0. The molecule has 2 atom stereocenters. The standard InChI is InChI=1S/C19H22N2O2/c1-12-10-21(11-13(2)23-12)19(22)16-9-18(14-7-8-14)20-17-6-4-3-5-15(16)17/h3-6,9,12-14H,7-8,10-11H2,1-2H3. The minimum Gasteiger partial charge on any atom is -0.372 e. The number of aromatic nitrogens is 1. The van der Waals surface area contributed by atoms with Crippen LogP contribution in [0.2, 0.25) is 0 Å². The molecule has 1 aromatic heterocycles. The molecular formula is C19H22N2O2. The third kappa shape index (κ3) is 2.83. The van der Waals surface area contributed by atoms with Crippen LogP contribution in [-0.2, 0) is 4.74 Å². The molecule has 1 aromatic carbocycles. The van der Waals surface area contributed by atoms with E-state index in [1.54, 1.807) is 0 Å². The lowest BCUT2D eigenvalue weighted by atomic mass is 10.0. The predicted octanol–water partition coefficient (Wildman–Crippen LogP) is 3.36. The molecule has 4 rings (SSSR count). The summed E-state index contributed by atoms with van der Waals surface area (Å²) in [5.74, 6) is 0.640. The molecule has 1 aliphatic carbocycles. The topological polar surface area (TPSA) is 42.4 Å². The van der Waals surface area contributed by atoms with E-state index >= 15 is 0 Å². The van der Waals surface area contributed by atoms with Crippen molar-refractivity contribution in [3.05, 3.63) is 41.6 Å². The summed E-state index contributed by atoms with van der Waals surface area (Å²) >= 11 is 0. The number of carbonyl (C=O) groups is 1. The summed E-state index contributed by atoms with van der Waals surface area (Å²) in [4.78, 5) is 19.8. The number of ether oxygens (including phenoxy) is 1. The first-order valence-electron chi connectivity index (χ1n) is 8.46. The van der Waals surface area contributed by atoms with Gasteiger partial charge in [0, 0.05) is 30.1 Å². The monoisotopic (exact) mass is 310 g/mol. The lowest BCUT2D eigenvalue weighted by molar-refractivity contribution is -0.0585. The molecule has 2 heterocycles. The van der Waals surface area contributed by atoms with Gasteiger partial charge in [-0.15, -0.1) is 0 Å². The zero-order chi connectivity index (χ0) is 16.0. The second-order valence-electron chi connectivity index (χ2n) is 6.85. The Morgan fingerprint density at radius 1 is 1.17 bits per heavy atom. The molecule has 1 aliphatic heterocycles. The van der Waals surface area contributed by atoms with E-state index in [1.165, 1.54) is 12.8 Å². The van der Waals surface area contributed by atoms with Crippen LogP contribution in [0.3, 0.4) is 0 Å². The average Bonchev–Trinajstić information content (AvgIpc) is 3.37. The largest absolute Gasteiger partial charge is 0.372 e. The number of nitrogens with zero attached hydrogens (tertiary/aromatic N) is 2. The molecule has 120 valence electrons. The zero-order valence-electron chi connectivity index (χ0n) is 13.7. The molecule has 0 N–H and O–H groups in total. The molecule has 1 saturated heterocycles. The van der Waals surface area contributed by atoms with Crippen molar-refractivity contribution >= 4 is 16.8 Å². The van der Waals surface area contributed by atoms with Gasteiger partial charge in [-0.1, -0.05) is 18.2 Å². The Hall–Kier alpha value is -1.94. The van der Waals surface area contributed by atoms with Gasteiger partial charge in [-0.05, 0) is 38.8 Å². The van der Waals surface area contributed by atoms with Gasteiger partial charge >= 0.3 is 0 Å². The maximum Gasteiger partial charge on any atom is 0.254 e. The second-order valence-corrected chi connectivity index (χ2v) is 6.85. The van der Waals surface area contributed by atoms with Crippen LogP contribution in [0.1, 0.15) is 48.7 Å². The lowest BCUT2D eigenvalue weighted by Gasteiger charge is -2.35. The molecule has 2 aliphatic rings. The molecule has 2 aromatic rings. The van der Waals surface area contributed by atoms with Gasteiger partial charge in [-0.25, -0.2) is 0 Å². The number of para-hydroxylation sites is 1. The third-order valence-electron chi connectivity index (χ3n) is 4.67. The third-order valence-corrected chi connectivity index (χ3v) is 4.67. The number of hydrogen-bond donors (Lipinski definition) is 0. The first kappa shape index (κ1) is 14.6. The van der Waals surface area contributed by atoms with Crippen LogP contribution in [0.4, 0.5) is 0 Å².